The van der Waals surface area contributed by atoms with Gasteiger partial charge in [0.25, 0.3) is 0 Å². The standard InChI is InChI=1S/C28H27N7/c1-5-18(17-35(3)4)11-19(6-2)20-12-22-27(33-34-28(22)31-14-20)25-13-21-23(15-29-16-26(21)32-25)24-9-7-8-10-30-24/h5-16,32H,1,17H2,2-4H3,(H,31,33,34)/b18-11+,19-6+. The van der Waals surface area contributed by atoms with Crippen molar-refractivity contribution in [3.8, 4) is 22.6 Å². The van der Waals surface area contributed by atoms with Gasteiger partial charge in [-0.2, -0.15) is 5.10 Å². The van der Waals surface area contributed by atoms with Crippen LogP contribution in [0.3, 0.4) is 0 Å². The van der Waals surface area contributed by atoms with Crippen LogP contribution in [0.4, 0.5) is 0 Å². The fourth-order valence-corrected chi connectivity index (χ4v) is 4.24. The van der Waals surface area contributed by atoms with E-state index in [1.165, 1.54) is 0 Å². The largest absolute Gasteiger partial charge is 0.352 e. The average Bonchev–Trinajstić information content (AvgIpc) is 3.50. The first kappa shape index (κ1) is 22.4. The van der Waals surface area contributed by atoms with E-state index < -0.39 is 0 Å². The highest BCUT2D eigenvalue weighted by atomic mass is 15.2. The maximum atomic E-state index is 4.62. The zero-order valence-electron chi connectivity index (χ0n) is 20.1. The molecule has 0 amide bonds. The van der Waals surface area contributed by atoms with Crippen LogP contribution in [0.25, 0.3) is 50.2 Å². The first-order chi connectivity index (χ1) is 17.1. The first-order valence-corrected chi connectivity index (χ1v) is 11.4. The van der Waals surface area contributed by atoms with Crippen LogP contribution in [-0.4, -0.2) is 55.7 Å². The van der Waals surface area contributed by atoms with Crippen LogP contribution in [0.1, 0.15) is 12.5 Å². The van der Waals surface area contributed by atoms with E-state index in [1.807, 2.05) is 63.9 Å². The molecule has 5 aromatic heterocycles. The Balaban J connectivity index is 1.59. The van der Waals surface area contributed by atoms with Gasteiger partial charge in [-0.1, -0.05) is 30.9 Å². The van der Waals surface area contributed by atoms with Crippen molar-refractivity contribution in [1.29, 1.82) is 0 Å². The molecule has 7 heteroatoms. The molecule has 174 valence electrons. The predicted molar refractivity (Wildman–Crippen MR) is 143 cm³/mol. The molecule has 0 fully saturated rings. The maximum absolute atomic E-state index is 4.62. The number of hydrogen-bond acceptors (Lipinski definition) is 5. The van der Waals surface area contributed by atoms with Gasteiger partial charge in [0, 0.05) is 47.0 Å². The quantitative estimate of drug-likeness (QED) is 0.306. The van der Waals surface area contributed by atoms with Crippen molar-refractivity contribution in [2.75, 3.05) is 20.6 Å². The van der Waals surface area contributed by atoms with E-state index in [0.717, 1.165) is 62.2 Å². The Labute approximate surface area is 204 Å². The van der Waals surface area contributed by atoms with E-state index in [4.69, 9.17) is 0 Å². The molecule has 0 bridgehead atoms. The summed E-state index contributed by atoms with van der Waals surface area (Å²) in [5, 5.41) is 9.62. The van der Waals surface area contributed by atoms with Crippen molar-refractivity contribution in [3.63, 3.8) is 0 Å². The van der Waals surface area contributed by atoms with E-state index in [9.17, 15) is 0 Å². The second-order valence-electron chi connectivity index (χ2n) is 8.65. The highest BCUT2D eigenvalue weighted by Gasteiger charge is 2.15. The van der Waals surface area contributed by atoms with E-state index in [-0.39, 0.29) is 0 Å². The predicted octanol–water partition coefficient (Wildman–Crippen LogP) is 5.64. The molecular formula is C28H27N7. The van der Waals surface area contributed by atoms with Crippen LogP contribution in [-0.2, 0) is 0 Å². The summed E-state index contributed by atoms with van der Waals surface area (Å²) in [5.74, 6) is 0. The number of fused-ring (bicyclic) bond motifs is 2. The summed E-state index contributed by atoms with van der Waals surface area (Å²) in [5.41, 5.74) is 8.52. The molecule has 0 saturated heterocycles. The second-order valence-corrected chi connectivity index (χ2v) is 8.65. The van der Waals surface area contributed by atoms with Gasteiger partial charge in [-0.3, -0.25) is 15.1 Å². The van der Waals surface area contributed by atoms with Crippen LogP contribution in [0.2, 0.25) is 0 Å². The molecule has 0 aliphatic rings. The molecule has 5 rings (SSSR count). The fourth-order valence-electron chi connectivity index (χ4n) is 4.24. The molecular weight excluding hydrogens is 434 g/mol. The topological polar surface area (TPSA) is 86.4 Å². The number of allylic oxidation sites excluding steroid dienone is 3. The highest BCUT2D eigenvalue weighted by Crippen LogP contribution is 2.33. The molecule has 5 heterocycles. The number of hydrogen-bond donors (Lipinski definition) is 2. The minimum absolute atomic E-state index is 0.669. The summed E-state index contributed by atoms with van der Waals surface area (Å²) < 4.78 is 0. The number of rotatable bonds is 7. The molecule has 0 atom stereocenters. The third kappa shape index (κ3) is 4.41. The number of nitrogens with one attached hydrogen (secondary N) is 2. The van der Waals surface area contributed by atoms with Gasteiger partial charge in [-0.15, -0.1) is 0 Å². The van der Waals surface area contributed by atoms with E-state index in [0.29, 0.717) is 5.65 Å². The van der Waals surface area contributed by atoms with Crippen molar-refractivity contribution in [1.82, 2.24) is 35.0 Å². The summed E-state index contributed by atoms with van der Waals surface area (Å²) in [6, 6.07) is 10.1. The SMILES string of the molecule is C=C/C(=C\C(=C/C)c1cnc2n[nH]c(-c3cc4c(-c5ccccn5)cncc4[nH]3)c2c1)CN(C)C. The summed E-state index contributed by atoms with van der Waals surface area (Å²) in [7, 11) is 4.10. The fraction of sp³-hybridized carbons (Fsp3) is 0.143. The Kier molecular flexibility index (Phi) is 6.08. The molecule has 2 N–H and O–H groups in total. The van der Waals surface area contributed by atoms with E-state index in [1.54, 1.807) is 6.20 Å². The molecule has 0 spiro atoms. The molecule has 0 saturated carbocycles. The van der Waals surface area contributed by atoms with Gasteiger partial charge in [-0.25, -0.2) is 4.98 Å². The molecule has 0 radical (unpaired) electrons. The Bertz CT molecular complexity index is 1570. The summed E-state index contributed by atoms with van der Waals surface area (Å²) >= 11 is 0. The molecule has 5 aromatic rings. The number of aromatic amines is 2. The molecule has 0 aromatic carbocycles. The third-order valence-corrected chi connectivity index (χ3v) is 5.91. The van der Waals surface area contributed by atoms with Crippen molar-refractivity contribution in [2.45, 2.75) is 6.92 Å². The van der Waals surface area contributed by atoms with Crippen LogP contribution in [0, 0.1) is 0 Å². The monoisotopic (exact) mass is 461 g/mol. The first-order valence-electron chi connectivity index (χ1n) is 11.4. The van der Waals surface area contributed by atoms with Crippen molar-refractivity contribution < 1.29 is 0 Å². The van der Waals surface area contributed by atoms with Gasteiger partial charge in [0.15, 0.2) is 5.65 Å². The number of aromatic nitrogens is 6. The maximum Gasteiger partial charge on any atom is 0.181 e. The lowest BCUT2D eigenvalue weighted by molar-refractivity contribution is 0.449. The summed E-state index contributed by atoms with van der Waals surface area (Å²) in [4.78, 5) is 19.2. The van der Waals surface area contributed by atoms with Crippen LogP contribution >= 0.6 is 0 Å². The summed E-state index contributed by atoms with van der Waals surface area (Å²) in [6.45, 7) is 6.82. The smallest absolute Gasteiger partial charge is 0.181 e. The van der Waals surface area contributed by atoms with E-state index >= 15 is 0 Å². The number of H-pyrrole nitrogens is 2. The molecule has 35 heavy (non-hydrogen) atoms. The molecule has 0 aliphatic carbocycles. The zero-order valence-corrected chi connectivity index (χ0v) is 20.1. The van der Waals surface area contributed by atoms with Crippen LogP contribution < -0.4 is 0 Å². The lowest BCUT2D eigenvalue weighted by atomic mass is 10.0. The Morgan fingerprint density at radius 3 is 2.71 bits per heavy atom. The van der Waals surface area contributed by atoms with Gasteiger partial charge in [0.05, 0.1) is 28.8 Å². The number of pyridine rings is 3. The lowest BCUT2D eigenvalue weighted by Gasteiger charge is -2.11. The minimum atomic E-state index is 0.669. The average molecular weight is 462 g/mol. The van der Waals surface area contributed by atoms with Gasteiger partial charge < -0.3 is 9.88 Å². The van der Waals surface area contributed by atoms with Gasteiger partial charge in [-0.05, 0) is 56.4 Å². The Morgan fingerprint density at radius 1 is 1.09 bits per heavy atom. The normalized spacial score (nSPS) is 12.7. The Hall–Kier alpha value is -4.36. The number of nitrogens with zero attached hydrogens (tertiary/aromatic N) is 5. The van der Waals surface area contributed by atoms with Gasteiger partial charge in [0.2, 0.25) is 0 Å². The highest BCUT2D eigenvalue weighted by molar-refractivity contribution is 6.00. The second kappa shape index (κ2) is 9.48. The van der Waals surface area contributed by atoms with Crippen molar-refractivity contribution >= 4 is 27.5 Å². The lowest BCUT2D eigenvalue weighted by Crippen LogP contribution is -2.14. The van der Waals surface area contributed by atoms with Gasteiger partial charge in [0.1, 0.15) is 0 Å². The van der Waals surface area contributed by atoms with Crippen molar-refractivity contribution in [3.05, 3.63) is 91.1 Å². The number of likely N-dealkylation sites (N-methyl/N-ethyl adjacent to an activating group) is 1. The van der Waals surface area contributed by atoms with Crippen LogP contribution in [0.15, 0.2) is 85.5 Å². The minimum Gasteiger partial charge on any atom is -0.352 e. The van der Waals surface area contributed by atoms with E-state index in [2.05, 4.69) is 65.9 Å². The zero-order chi connectivity index (χ0) is 24.4. The summed E-state index contributed by atoms with van der Waals surface area (Å²) in [6.07, 6.45) is 13.5. The third-order valence-electron chi connectivity index (χ3n) is 5.91. The molecule has 7 nitrogen and oxygen atoms in total. The van der Waals surface area contributed by atoms with Crippen LogP contribution in [0.5, 0.6) is 0 Å². The Morgan fingerprint density at radius 2 is 1.97 bits per heavy atom. The van der Waals surface area contributed by atoms with Gasteiger partial charge >= 0.3 is 0 Å². The van der Waals surface area contributed by atoms with Crippen molar-refractivity contribution in [2.24, 2.45) is 0 Å². The molecule has 0 unspecified atom stereocenters. The molecule has 0 aliphatic heterocycles.